The van der Waals surface area contributed by atoms with Crippen LogP contribution in [-0.2, 0) is 11.2 Å². The van der Waals surface area contributed by atoms with E-state index in [2.05, 4.69) is 35.4 Å². The van der Waals surface area contributed by atoms with Gasteiger partial charge in [-0.2, -0.15) is 0 Å². The fraction of sp³-hybridized carbons (Fsp3) is 0.158. The Kier molecular flexibility index (Phi) is 4.83. The second kappa shape index (κ2) is 7.20. The van der Waals surface area contributed by atoms with Crippen molar-refractivity contribution in [2.24, 2.45) is 0 Å². The van der Waals surface area contributed by atoms with Gasteiger partial charge in [-0.25, -0.2) is 4.98 Å². The summed E-state index contributed by atoms with van der Waals surface area (Å²) in [5, 5.41) is 5.94. The van der Waals surface area contributed by atoms with E-state index >= 15 is 0 Å². The lowest BCUT2D eigenvalue weighted by atomic mass is 10.1. The second-order valence-electron chi connectivity index (χ2n) is 5.43. The summed E-state index contributed by atoms with van der Waals surface area (Å²) in [7, 11) is 0. The van der Waals surface area contributed by atoms with Crippen molar-refractivity contribution in [1.29, 1.82) is 0 Å². The Morgan fingerprint density at radius 1 is 1.13 bits per heavy atom. The highest BCUT2D eigenvalue weighted by Crippen LogP contribution is 2.24. The van der Waals surface area contributed by atoms with Gasteiger partial charge in [-0.1, -0.05) is 42.0 Å². The molecule has 1 heterocycles. The van der Waals surface area contributed by atoms with Crippen LogP contribution in [0, 0.1) is 6.92 Å². The zero-order chi connectivity index (χ0) is 16.1. The number of carbonyl (C=O) groups is 1. The minimum Gasteiger partial charge on any atom is -0.326 e. The number of thiazole rings is 1. The third-order valence-corrected chi connectivity index (χ3v) is 4.42. The van der Waals surface area contributed by atoms with Crippen molar-refractivity contribution in [1.82, 2.24) is 4.98 Å². The number of benzene rings is 2. The summed E-state index contributed by atoms with van der Waals surface area (Å²) in [6.45, 7) is 2.08. The molecule has 0 aliphatic heterocycles. The Labute approximate surface area is 140 Å². The minimum atomic E-state index is 0.0151. The van der Waals surface area contributed by atoms with Crippen molar-refractivity contribution in [2.75, 3.05) is 5.32 Å². The summed E-state index contributed by atoms with van der Waals surface area (Å²) in [4.78, 5) is 16.6. The predicted octanol–water partition coefficient (Wildman–Crippen LogP) is 4.69. The number of para-hydroxylation sites is 1. The van der Waals surface area contributed by atoms with E-state index < -0.39 is 0 Å². The zero-order valence-corrected chi connectivity index (χ0v) is 13.8. The van der Waals surface area contributed by atoms with E-state index in [4.69, 9.17) is 0 Å². The topological polar surface area (TPSA) is 42.0 Å². The van der Waals surface area contributed by atoms with Crippen LogP contribution in [0.1, 0.15) is 17.7 Å². The average molecular weight is 322 g/mol. The quantitative estimate of drug-likeness (QED) is 0.740. The highest BCUT2D eigenvalue weighted by atomic mass is 32.1. The maximum Gasteiger partial charge on any atom is 0.224 e. The van der Waals surface area contributed by atoms with E-state index in [0.29, 0.717) is 12.8 Å². The Morgan fingerprint density at radius 2 is 1.96 bits per heavy atom. The summed E-state index contributed by atoms with van der Waals surface area (Å²) >= 11 is 1.62. The van der Waals surface area contributed by atoms with Crippen LogP contribution in [0.3, 0.4) is 0 Å². The van der Waals surface area contributed by atoms with Crippen molar-refractivity contribution in [3.8, 4) is 10.6 Å². The fourth-order valence-corrected chi connectivity index (χ4v) is 3.17. The summed E-state index contributed by atoms with van der Waals surface area (Å²) in [5.74, 6) is 0.0151. The van der Waals surface area contributed by atoms with Crippen molar-refractivity contribution in [3.63, 3.8) is 0 Å². The molecule has 1 aromatic heterocycles. The van der Waals surface area contributed by atoms with E-state index in [1.54, 1.807) is 11.3 Å². The van der Waals surface area contributed by atoms with Crippen molar-refractivity contribution in [3.05, 3.63) is 71.2 Å². The number of nitrogens with zero attached hydrogens (tertiary/aromatic N) is 1. The molecular weight excluding hydrogens is 304 g/mol. The molecule has 4 heteroatoms. The Morgan fingerprint density at radius 3 is 2.74 bits per heavy atom. The molecule has 2 aromatic carbocycles. The number of aryl methyl sites for hydroxylation is 2. The first kappa shape index (κ1) is 15.4. The highest BCUT2D eigenvalue weighted by molar-refractivity contribution is 7.13. The lowest BCUT2D eigenvalue weighted by Crippen LogP contribution is -2.12. The number of hydrogen-bond donors (Lipinski definition) is 1. The molecule has 23 heavy (non-hydrogen) atoms. The lowest BCUT2D eigenvalue weighted by Gasteiger charge is -2.03. The number of rotatable bonds is 5. The van der Waals surface area contributed by atoms with Crippen LogP contribution in [0.25, 0.3) is 10.6 Å². The molecule has 0 radical (unpaired) electrons. The van der Waals surface area contributed by atoms with E-state index in [9.17, 15) is 4.79 Å². The molecule has 3 aromatic rings. The molecule has 1 N–H and O–H groups in total. The summed E-state index contributed by atoms with van der Waals surface area (Å²) in [5.41, 5.74) is 4.16. The Balaban J connectivity index is 1.58. The van der Waals surface area contributed by atoms with Gasteiger partial charge < -0.3 is 5.32 Å². The molecule has 0 aliphatic carbocycles. The second-order valence-corrected chi connectivity index (χ2v) is 6.29. The standard InChI is InChI=1S/C19H18N2OS/c1-14-6-5-7-15(12-14)19-21-17(13-23-19)10-11-18(22)20-16-8-3-2-4-9-16/h2-9,12-13H,10-11H2,1H3,(H,20,22). The number of carbonyl (C=O) groups excluding carboxylic acids is 1. The smallest absolute Gasteiger partial charge is 0.224 e. The largest absolute Gasteiger partial charge is 0.326 e. The van der Waals surface area contributed by atoms with Gasteiger partial charge >= 0.3 is 0 Å². The third kappa shape index (κ3) is 4.27. The summed E-state index contributed by atoms with van der Waals surface area (Å²) in [6, 6.07) is 17.8. The van der Waals surface area contributed by atoms with E-state index in [-0.39, 0.29) is 5.91 Å². The molecular formula is C19H18N2OS. The number of amides is 1. The molecule has 116 valence electrons. The monoisotopic (exact) mass is 322 g/mol. The van der Waals surface area contributed by atoms with Crippen LogP contribution in [0.15, 0.2) is 60.0 Å². The molecule has 0 spiro atoms. The molecule has 0 saturated carbocycles. The maximum absolute atomic E-state index is 12.0. The van der Waals surface area contributed by atoms with Gasteiger partial charge in [-0.05, 0) is 31.5 Å². The van der Waals surface area contributed by atoms with Gasteiger partial charge in [0.1, 0.15) is 5.01 Å². The number of aromatic nitrogens is 1. The van der Waals surface area contributed by atoms with Gasteiger partial charge in [-0.3, -0.25) is 4.79 Å². The average Bonchev–Trinajstić information content (AvgIpc) is 3.03. The van der Waals surface area contributed by atoms with Crippen LogP contribution >= 0.6 is 11.3 Å². The Hall–Kier alpha value is -2.46. The molecule has 0 unspecified atom stereocenters. The highest BCUT2D eigenvalue weighted by Gasteiger charge is 2.08. The van der Waals surface area contributed by atoms with Crippen LogP contribution in [0.5, 0.6) is 0 Å². The maximum atomic E-state index is 12.0. The lowest BCUT2D eigenvalue weighted by molar-refractivity contribution is -0.116. The molecule has 0 fully saturated rings. The van der Waals surface area contributed by atoms with E-state index in [0.717, 1.165) is 22.0 Å². The van der Waals surface area contributed by atoms with Gasteiger partial charge in [0.25, 0.3) is 0 Å². The van der Waals surface area contributed by atoms with E-state index in [1.165, 1.54) is 5.56 Å². The molecule has 0 atom stereocenters. The van der Waals surface area contributed by atoms with Gasteiger partial charge in [0, 0.05) is 23.1 Å². The predicted molar refractivity (Wildman–Crippen MR) is 95.7 cm³/mol. The van der Waals surface area contributed by atoms with Crippen molar-refractivity contribution in [2.45, 2.75) is 19.8 Å². The van der Waals surface area contributed by atoms with Crippen LogP contribution < -0.4 is 5.32 Å². The summed E-state index contributed by atoms with van der Waals surface area (Å²) < 4.78 is 0. The molecule has 3 nitrogen and oxygen atoms in total. The van der Waals surface area contributed by atoms with Crippen molar-refractivity contribution < 1.29 is 4.79 Å². The number of nitrogens with one attached hydrogen (secondary N) is 1. The molecule has 1 amide bonds. The first-order chi connectivity index (χ1) is 11.2. The molecule has 0 bridgehead atoms. The van der Waals surface area contributed by atoms with Gasteiger partial charge in [0.15, 0.2) is 0 Å². The third-order valence-electron chi connectivity index (χ3n) is 3.48. The zero-order valence-electron chi connectivity index (χ0n) is 13.0. The van der Waals surface area contributed by atoms with Crippen molar-refractivity contribution >= 4 is 22.9 Å². The van der Waals surface area contributed by atoms with Gasteiger partial charge in [-0.15, -0.1) is 11.3 Å². The van der Waals surface area contributed by atoms with Crippen LogP contribution in [0.2, 0.25) is 0 Å². The van der Waals surface area contributed by atoms with Gasteiger partial charge in [0.05, 0.1) is 5.69 Å². The normalized spacial score (nSPS) is 10.5. The molecule has 0 saturated heterocycles. The minimum absolute atomic E-state index is 0.0151. The number of hydrogen-bond acceptors (Lipinski definition) is 3. The van der Waals surface area contributed by atoms with Crippen LogP contribution in [0.4, 0.5) is 5.69 Å². The SMILES string of the molecule is Cc1cccc(-c2nc(CCC(=O)Nc3ccccc3)cs2)c1. The first-order valence-electron chi connectivity index (χ1n) is 7.57. The Bertz CT molecular complexity index is 796. The molecule has 0 aliphatic rings. The fourth-order valence-electron chi connectivity index (χ4n) is 2.32. The number of anilines is 1. The van der Waals surface area contributed by atoms with E-state index in [1.807, 2.05) is 41.8 Å². The first-order valence-corrected chi connectivity index (χ1v) is 8.45. The van der Waals surface area contributed by atoms with Gasteiger partial charge in [0.2, 0.25) is 5.91 Å². The van der Waals surface area contributed by atoms with Crippen LogP contribution in [-0.4, -0.2) is 10.9 Å². The summed E-state index contributed by atoms with van der Waals surface area (Å²) in [6.07, 6.45) is 1.09. The molecule has 3 rings (SSSR count).